The van der Waals surface area contributed by atoms with E-state index in [1.807, 2.05) is 18.2 Å². The van der Waals surface area contributed by atoms with E-state index < -0.39 is 0 Å². The lowest BCUT2D eigenvalue weighted by atomic mass is 9.83. The highest BCUT2D eigenvalue weighted by Gasteiger charge is 2.31. The fourth-order valence-corrected chi connectivity index (χ4v) is 3.28. The summed E-state index contributed by atoms with van der Waals surface area (Å²) in [5, 5.41) is 0. The monoisotopic (exact) mass is 286 g/mol. The molecule has 0 spiro atoms. The molecule has 1 saturated carbocycles. The average Bonchev–Trinajstić information content (AvgIpc) is 3.34. The van der Waals surface area contributed by atoms with Crippen molar-refractivity contribution < 1.29 is 4.79 Å². The maximum Gasteiger partial charge on any atom is 0.131 e. The molecule has 3 nitrogen and oxygen atoms in total. The van der Waals surface area contributed by atoms with Gasteiger partial charge < -0.3 is 9.69 Å². The van der Waals surface area contributed by atoms with Crippen molar-refractivity contribution in [2.75, 3.05) is 39.3 Å². The zero-order valence-corrected chi connectivity index (χ0v) is 13.0. The summed E-state index contributed by atoms with van der Waals surface area (Å²) in [5.41, 5.74) is 0.736. The molecule has 114 valence electrons. The minimum Gasteiger partial charge on any atom is -0.302 e. The molecule has 1 aromatic carbocycles. The highest BCUT2D eigenvalue weighted by Crippen LogP contribution is 2.30. The number of rotatable bonds is 6. The van der Waals surface area contributed by atoms with Gasteiger partial charge in [0.2, 0.25) is 0 Å². The molecule has 2 fully saturated rings. The molecule has 3 heteroatoms. The summed E-state index contributed by atoms with van der Waals surface area (Å²) in [5.74, 6) is 0.973. The Balaban J connectivity index is 1.56. The van der Waals surface area contributed by atoms with Crippen molar-refractivity contribution >= 4 is 6.29 Å². The lowest BCUT2D eigenvalue weighted by molar-refractivity contribution is -0.113. The van der Waals surface area contributed by atoms with Crippen LogP contribution in [-0.2, 0) is 10.2 Å². The van der Waals surface area contributed by atoms with Crippen LogP contribution >= 0.6 is 0 Å². The van der Waals surface area contributed by atoms with Gasteiger partial charge in [0, 0.05) is 39.3 Å². The number of carbonyl (C=O) groups excluding carboxylic acids is 1. The summed E-state index contributed by atoms with van der Waals surface area (Å²) in [4.78, 5) is 16.7. The van der Waals surface area contributed by atoms with E-state index in [9.17, 15) is 4.79 Å². The third kappa shape index (κ3) is 3.72. The van der Waals surface area contributed by atoms with E-state index in [0.29, 0.717) is 0 Å². The first-order valence-corrected chi connectivity index (χ1v) is 8.16. The van der Waals surface area contributed by atoms with Crippen molar-refractivity contribution in [3.05, 3.63) is 35.9 Å². The molecule has 0 N–H and O–H groups in total. The molecule has 21 heavy (non-hydrogen) atoms. The summed E-state index contributed by atoms with van der Waals surface area (Å²) in [7, 11) is 0. The van der Waals surface area contributed by atoms with Crippen molar-refractivity contribution in [1.29, 1.82) is 0 Å². The van der Waals surface area contributed by atoms with Gasteiger partial charge in [-0.15, -0.1) is 0 Å². The Morgan fingerprint density at radius 3 is 2.29 bits per heavy atom. The van der Waals surface area contributed by atoms with Crippen LogP contribution in [0, 0.1) is 5.92 Å². The van der Waals surface area contributed by atoms with Gasteiger partial charge in [0.1, 0.15) is 6.29 Å². The second-order valence-corrected chi connectivity index (χ2v) is 6.92. The largest absolute Gasteiger partial charge is 0.302 e. The minimum absolute atomic E-state index is 0.389. The van der Waals surface area contributed by atoms with E-state index in [1.54, 1.807) is 0 Å². The zero-order chi connectivity index (χ0) is 14.7. The van der Waals surface area contributed by atoms with E-state index >= 15 is 0 Å². The van der Waals surface area contributed by atoms with Gasteiger partial charge >= 0.3 is 0 Å². The molecule has 2 aliphatic rings. The van der Waals surface area contributed by atoms with Crippen molar-refractivity contribution in [3.63, 3.8) is 0 Å². The first kappa shape index (κ1) is 14.7. The second-order valence-electron chi connectivity index (χ2n) is 6.92. The Hall–Kier alpha value is -1.19. The first-order valence-electron chi connectivity index (χ1n) is 8.16. The highest BCUT2D eigenvalue weighted by molar-refractivity contribution is 5.68. The van der Waals surface area contributed by atoms with Crippen LogP contribution in [-0.4, -0.2) is 55.4 Å². The number of benzene rings is 1. The standard InChI is InChI=1S/C18H26N2O/c1-18(15-21,17-5-3-2-4-6-17)14-20-11-9-19(10-12-20)13-16-7-8-16/h2-6,15-16H,7-14H2,1H3. The third-order valence-corrected chi connectivity index (χ3v) is 4.92. The molecule has 0 bridgehead atoms. The number of piperazine rings is 1. The van der Waals surface area contributed by atoms with Crippen molar-refractivity contribution in [2.45, 2.75) is 25.2 Å². The van der Waals surface area contributed by atoms with Gasteiger partial charge in [-0.05, 0) is 31.2 Å². The Morgan fingerprint density at radius 1 is 1.10 bits per heavy atom. The number of hydrogen-bond donors (Lipinski definition) is 0. The summed E-state index contributed by atoms with van der Waals surface area (Å²) >= 11 is 0. The van der Waals surface area contributed by atoms with Crippen LogP contribution in [0.2, 0.25) is 0 Å². The van der Waals surface area contributed by atoms with Gasteiger partial charge in [-0.1, -0.05) is 30.3 Å². The molecule has 3 rings (SSSR count). The summed E-state index contributed by atoms with van der Waals surface area (Å²) < 4.78 is 0. The lowest BCUT2D eigenvalue weighted by Crippen LogP contribution is -2.51. The number of nitrogens with zero attached hydrogens (tertiary/aromatic N) is 2. The molecule has 0 aromatic heterocycles. The molecule has 1 aliphatic carbocycles. The van der Waals surface area contributed by atoms with Gasteiger partial charge in [0.25, 0.3) is 0 Å². The molecule has 0 amide bonds. The van der Waals surface area contributed by atoms with Gasteiger partial charge in [-0.3, -0.25) is 4.90 Å². The highest BCUT2D eigenvalue weighted by atomic mass is 16.1. The fourth-order valence-electron chi connectivity index (χ4n) is 3.28. The van der Waals surface area contributed by atoms with Crippen molar-refractivity contribution in [3.8, 4) is 0 Å². The number of hydrogen-bond acceptors (Lipinski definition) is 3. The van der Waals surface area contributed by atoms with Crippen LogP contribution in [0.15, 0.2) is 30.3 Å². The van der Waals surface area contributed by atoms with Crippen molar-refractivity contribution in [2.24, 2.45) is 5.92 Å². The SMILES string of the molecule is CC(C=O)(CN1CCN(CC2CC2)CC1)c1ccccc1. The summed E-state index contributed by atoms with van der Waals surface area (Å²) in [6, 6.07) is 10.2. The van der Waals surface area contributed by atoms with Gasteiger partial charge in [-0.2, -0.15) is 0 Å². The van der Waals surface area contributed by atoms with Crippen LogP contribution in [0.4, 0.5) is 0 Å². The third-order valence-electron chi connectivity index (χ3n) is 4.92. The Kier molecular flexibility index (Phi) is 4.41. The second kappa shape index (κ2) is 6.29. The smallest absolute Gasteiger partial charge is 0.131 e. The van der Waals surface area contributed by atoms with E-state index in [2.05, 4.69) is 28.9 Å². The number of aldehydes is 1. The topological polar surface area (TPSA) is 23.6 Å². The summed E-state index contributed by atoms with van der Waals surface area (Å²) in [6.07, 6.45) is 3.98. The van der Waals surface area contributed by atoms with Crippen LogP contribution in [0.25, 0.3) is 0 Å². The molecule has 1 heterocycles. The molecule has 1 aromatic rings. The van der Waals surface area contributed by atoms with E-state index in [4.69, 9.17) is 0 Å². The van der Waals surface area contributed by atoms with Crippen LogP contribution in [0.1, 0.15) is 25.3 Å². The quantitative estimate of drug-likeness (QED) is 0.749. The van der Waals surface area contributed by atoms with E-state index in [-0.39, 0.29) is 5.41 Å². The normalized spacial score (nSPS) is 23.7. The molecule has 1 saturated heterocycles. The predicted octanol–water partition coefficient (Wildman–Crippen LogP) is 2.17. The molecular weight excluding hydrogens is 260 g/mol. The Labute approximate surface area is 127 Å². The van der Waals surface area contributed by atoms with E-state index in [0.717, 1.165) is 50.5 Å². The maximum atomic E-state index is 11.7. The molecule has 1 aliphatic heterocycles. The molecular formula is C18H26N2O. The maximum absolute atomic E-state index is 11.7. The zero-order valence-electron chi connectivity index (χ0n) is 13.0. The van der Waals surface area contributed by atoms with Gasteiger partial charge in [0.05, 0.1) is 5.41 Å². The van der Waals surface area contributed by atoms with Crippen LogP contribution < -0.4 is 0 Å². The van der Waals surface area contributed by atoms with Gasteiger partial charge in [0.15, 0.2) is 0 Å². The number of carbonyl (C=O) groups is 1. The molecule has 0 radical (unpaired) electrons. The minimum atomic E-state index is -0.389. The van der Waals surface area contributed by atoms with Gasteiger partial charge in [-0.25, -0.2) is 0 Å². The Bertz CT molecular complexity index is 463. The van der Waals surface area contributed by atoms with Crippen molar-refractivity contribution in [1.82, 2.24) is 9.80 Å². The van der Waals surface area contributed by atoms with E-state index in [1.165, 1.54) is 19.4 Å². The molecule has 1 unspecified atom stereocenters. The van der Waals surface area contributed by atoms with Crippen LogP contribution in [0.3, 0.4) is 0 Å². The fraction of sp³-hybridized carbons (Fsp3) is 0.611. The Morgan fingerprint density at radius 2 is 1.71 bits per heavy atom. The first-order chi connectivity index (χ1) is 10.2. The summed E-state index contributed by atoms with van der Waals surface area (Å²) in [6.45, 7) is 8.66. The predicted molar refractivity (Wildman–Crippen MR) is 85.5 cm³/mol. The molecule has 1 atom stereocenters. The van der Waals surface area contributed by atoms with Crippen LogP contribution in [0.5, 0.6) is 0 Å². The average molecular weight is 286 g/mol. The lowest BCUT2D eigenvalue weighted by Gasteiger charge is -2.38.